The van der Waals surface area contributed by atoms with E-state index >= 15 is 0 Å². The van der Waals surface area contributed by atoms with Crippen molar-refractivity contribution in [2.24, 2.45) is 0 Å². The first kappa shape index (κ1) is 18.0. The van der Waals surface area contributed by atoms with Gasteiger partial charge >= 0.3 is 0 Å². The lowest BCUT2D eigenvalue weighted by Gasteiger charge is -2.27. The first-order valence-corrected chi connectivity index (χ1v) is 9.00. The van der Waals surface area contributed by atoms with Crippen LogP contribution in [0.5, 0.6) is 11.5 Å². The minimum absolute atomic E-state index is 0.124. The average molecular weight is 381 g/mol. The van der Waals surface area contributed by atoms with Gasteiger partial charge in [0.1, 0.15) is 23.7 Å². The molecule has 2 heterocycles. The lowest BCUT2D eigenvalue weighted by Crippen LogP contribution is -2.39. The Balaban J connectivity index is 1.44. The highest BCUT2D eigenvalue weighted by Gasteiger charge is 2.26. The average Bonchev–Trinajstić information content (AvgIpc) is 3.14. The second kappa shape index (κ2) is 7.72. The summed E-state index contributed by atoms with van der Waals surface area (Å²) in [6, 6.07) is 16.0. The Morgan fingerprint density at radius 2 is 1.93 bits per heavy atom. The highest BCUT2D eigenvalue weighted by Crippen LogP contribution is 2.21. The third kappa shape index (κ3) is 3.69. The van der Waals surface area contributed by atoms with Crippen LogP contribution in [-0.2, 0) is 19.7 Å². The van der Waals surface area contributed by atoms with E-state index in [4.69, 9.17) is 9.47 Å². The Bertz CT molecular complexity index is 988. The van der Waals surface area contributed by atoms with Gasteiger partial charge in [-0.3, -0.25) is 9.48 Å². The van der Waals surface area contributed by atoms with Crippen LogP contribution in [0.1, 0.15) is 21.7 Å². The molecule has 0 atom stereocenters. The zero-order valence-corrected chi connectivity index (χ0v) is 15.5. The molecule has 0 N–H and O–H groups in total. The number of methoxy groups -OCH3 is 1. The molecule has 3 aromatic rings. The van der Waals surface area contributed by atoms with E-state index in [0.29, 0.717) is 43.2 Å². The van der Waals surface area contributed by atoms with Gasteiger partial charge in [0.2, 0.25) is 0 Å². The van der Waals surface area contributed by atoms with Crippen molar-refractivity contribution in [3.63, 3.8) is 0 Å². The van der Waals surface area contributed by atoms with Crippen LogP contribution >= 0.6 is 0 Å². The van der Waals surface area contributed by atoms with E-state index in [9.17, 15) is 9.18 Å². The summed E-state index contributed by atoms with van der Waals surface area (Å²) in [5.41, 5.74) is 1.93. The van der Waals surface area contributed by atoms with Crippen molar-refractivity contribution in [2.45, 2.75) is 19.7 Å². The Morgan fingerprint density at radius 3 is 2.68 bits per heavy atom. The van der Waals surface area contributed by atoms with Crippen molar-refractivity contribution in [1.82, 2.24) is 14.7 Å². The molecule has 28 heavy (non-hydrogen) atoms. The van der Waals surface area contributed by atoms with Crippen molar-refractivity contribution in [2.75, 3.05) is 13.7 Å². The molecule has 0 spiro atoms. The summed E-state index contributed by atoms with van der Waals surface area (Å²) in [5, 5.41) is 4.46. The molecule has 0 saturated heterocycles. The highest BCUT2D eigenvalue weighted by molar-refractivity contribution is 5.93. The number of hydrogen-bond acceptors (Lipinski definition) is 4. The van der Waals surface area contributed by atoms with Crippen molar-refractivity contribution >= 4 is 5.91 Å². The molecule has 2 aromatic carbocycles. The molecule has 4 rings (SSSR count). The van der Waals surface area contributed by atoms with Gasteiger partial charge in [-0.15, -0.1) is 0 Å². The minimum Gasteiger partial charge on any atom is -0.494 e. The number of para-hydroxylation sites is 1. The lowest BCUT2D eigenvalue weighted by molar-refractivity contribution is 0.0683. The second-order valence-electron chi connectivity index (χ2n) is 6.54. The molecular weight excluding hydrogens is 361 g/mol. The second-order valence-corrected chi connectivity index (χ2v) is 6.54. The monoisotopic (exact) mass is 381 g/mol. The number of fused-ring (bicyclic) bond motifs is 1. The molecule has 0 bridgehead atoms. The molecule has 1 aromatic heterocycles. The summed E-state index contributed by atoms with van der Waals surface area (Å²) < 4.78 is 26.3. The van der Waals surface area contributed by atoms with Crippen molar-refractivity contribution in [3.8, 4) is 11.5 Å². The first-order valence-electron chi connectivity index (χ1n) is 9.00. The number of rotatable bonds is 6. The summed E-state index contributed by atoms with van der Waals surface area (Å²) in [5.74, 6) is 0.383. The van der Waals surface area contributed by atoms with Gasteiger partial charge in [0.05, 0.1) is 13.7 Å². The third-order valence-electron chi connectivity index (χ3n) is 4.64. The van der Waals surface area contributed by atoms with E-state index in [-0.39, 0.29) is 11.7 Å². The molecule has 1 aliphatic rings. The Kier molecular flexibility index (Phi) is 4.97. The molecule has 144 valence electrons. The summed E-state index contributed by atoms with van der Waals surface area (Å²) in [7, 11) is 1.42. The van der Waals surface area contributed by atoms with Crippen LogP contribution in [0, 0.1) is 5.82 Å². The van der Waals surface area contributed by atoms with E-state index in [1.165, 1.54) is 13.2 Å². The topological polar surface area (TPSA) is 56.6 Å². The normalized spacial score (nSPS) is 13.4. The summed E-state index contributed by atoms with van der Waals surface area (Å²) in [4.78, 5) is 14.5. The van der Waals surface area contributed by atoms with Gasteiger partial charge in [0.25, 0.3) is 5.91 Å². The standard InChI is InChI=1S/C21H20FN3O3/c1-27-20-8-7-15(11-18(20)22)13-24-9-10-25-19(21(24)26)12-16(23-25)14-28-17-5-3-2-4-6-17/h2-8,11-12H,9-10,13-14H2,1H3. The van der Waals surface area contributed by atoms with Gasteiger partial charge in [0.15, 0.2) is 11.6 Å². The number of carbonyl (C=O) groups is 1. The SMILES string of the molecule is COc1ccc(CN2CCn3nc(COc4ccccc4)cc3C2=O)cc1F. The van der Waals surface area contributed by atoms with Gasteiger partial charge < -0.3 is 14.4 Å². The molecular formula is C21H20FN3O3. The zero-order valence-electron chi connectivity index (χ0n) is 15.5. The fourth-order valence-electron chi connectivity index (χ4n) is 3.22. The first-order chi connectivity index (χ1) is 13.6. The Morgan fingerprint density at radius 1 is 1.11 bits per heavy atom. The number of hydrogen-bond donors (Lipinski definition) is 0. The summed E-state index contributed by atoms with van der Waals surface area (Å²) in [6.07, 6.45) is 0. The zero-order chi connectivity index (χ0) is 19.5. The molecule has 1 amide bonds. The van der Waals surface area contributed by atoms with Gasteiger partial charge in [-0.2, -0.15) is 5.10 Å². The molecule has 7 heteroatoms. The Labute approximate surface area is 162 Å². The number of aromatic nitrogens is 2. The van der Waals surface area contributed by atoms with Crippen LogP contribution < -0.4 is 9.47 Å². The van der Waals surface area contributed by atoms with Crippen molar-refractivity contribution in [1.29, 1.82) is 0 Å². The molecule has 0 aliphatic carbocycles. The van der Waals surface area contributed by atoms with Crippen LogP contribution in [-0.4, -0.2) is 34.2 Å². The highest BCUT2D eigenvalue weighted by atomic mass is 19.1. The van der Waals surface area contributed by atoms with Crippen LogP contribution in [0.3, 0.4) is 0 Å². The maximum atomic E-state index is 13.9. The van der Waals surface area contributed by atoms with E-state index in [0.717, 1.165) is 5.75 Å². The number of carbonyl (C=O) groups excluding carboxylic acids is 1. The van der Waals surface area contributed by atoms with Crippen LogP contribution in [0.2, 0.25) is 0 Å². The number of halogens is 1. The number of benzene rings is 2. The number of nitrogens with zero attached hydrogens (tertiary/aromatic N) is 3. The Hall–Kier alpha value is -3.35. The quantitative estimate of drug-likeness (QED) is 0.658. The van der Waals surface area contributed by atoms with E-state index in [2.05, 4.69) is 5.10 Å². The molecule has 0 fully saturated rings. The lowest BCUT2D eigenvalue weighted by atomic mass is 10.1. The van der Waals surface area contributed by atoms with E-state index < -0.39 is 5.82 Å². The maximum absolute atomic E-state index is 13.9. The molecule has 0 radical (unpaired) electrons. The van der Waals surface area contributed by atoms with Gasteiger partial charge in [-0.25, -0.2) is 4.39 Å². The predicted octanol–water partition coefficient (Wildman–Crippen LogP) is 3.27. The number of amides is 1. The summed E-state index contributed by atoms with van der Waals surface area (Å²) in [6.45, 7) is 1.73. The van der Waals surface area contributed by atoms with Gasteiger partial charge in [-0.1, -0.05) is 24.3 Å². The molecule has 0 saturated carbocycles. The molecule has 0 unspecified atom stereocenters. The molecule has 6 nitrogen and oxygen atoms in total. The van der Waals surface area contributed by atoms with Crippen LogP contribution in [0.15, 0.2) is 54.6 Å². The van der Waals surface area contributed by atoms with Crippen LogP contribution in [0.4, 0.5) is 4.39 Å². The van der Waals surface area contributed by atoms with Gasteiger partial charge in [-0.05, 0) is 35.9 Å². The minimum atomic E-state index is -0.435. The predicted molar refractivity (Wildman–Crippen MR) is 101 cm³/mol. The van der Waals surface area contributed by atoms with E-state index in [1.54, 1.807) is 27.8 Å². The van der Waals surface area contributed by atoms with Crippen molar-refractivity contribution < 1.29 is 18.7 Å². The van der Waals surface area contributed by atoms with Gasteiger partial charge in [0, 0.05) is 13.1 Å². The fourth-order valence-corrected chi connectivity index (χ4v) is 3.22. The van der Waals surface area contributed by atoms with Crippen molar-refractivity contribution in [3.05, 3.63) is 77.4 Å². The van der Waals surface area contributed by atoms with E-state index in [1.807, 2.05) is 30.3 Å². The molecule has 1 aliphatic heterocycles. The maximum Gasteiger partial charge on any atom is 0.272 e. The summed E-state index contributed by atoms with van der Waals surface area (Å²) >= 11 is 0. The smallest absolute Gasteiger partial charge is 0.272 e. The third-order valence-corrected chi connectivity index (χ3v) is 4.64. The number of ether oxygens (including phenoxy) is 2. The fraction of sp³-hybridized carbons (Fsp3) is 0.238. The van der Waals surface area contributed by atoms with Crippen LogP contribution in [0.25, 0.3) is 0 Å². The largest absolute Gasteiger partial charge is 0.494 e.